The topological polar surface area (TPSA) is 79.3 Å². The van der Waals surface area contributed by atoms with Gasteiger partial charge in [0.2, 0.25) is 0 Å². The van der Waals surface area contributed by atoms with Crippen molar-refractivity contribution in [2.75, 3.05) is 5.32 Å². The highest BCUT2D eigenvalue weighted by molar-refractivity contribution is 6.30. The number of hydrogen-bond donors (Lipinski definition) is 2. The summed E-state index contributed by atoms with van der Waals surface area (Å²) in [4.78, 5) is 27.1. The molecular weight excluding hydrogens is 529 g/mol. The first-order valence-electron chi connectivity index (χ1n) is 12.1. The van der Waals surface area contributed by atoms with Crippen LogP contribution in [0.5, 0.6) is 0 Å². The van der Waals surface area contributed by atoms with Gasteiger partial charge < -0.3 is 10.4 Å². The Kier molecular flexibility index (Phi) is 8.66. The molecule has 4 rings (SSSR count). The molecule has 0 spiro atoms. The number of alkyl halides is 3. The molecule has 9 heteroatoms. The van der Waals surface area contributed by atoms with E-state index in [1.165, 1.54) is 24.4 Å². The molecule has 0 aliphatic carbocycles. The van der Waals surface area contributed by atoms with Crippen LogP contribution in [0.2, 0.25) is 5.02 Å². The summed E-state index contributed by atoms with van der Waals surface area (Å²) >= 11 is 5.95. The van der Waals surface area contributed by atoms with Crippen LogP contribution < -0.4 is 5.32 Å². The first-order valence-corrected chi connectivity index (χ1v) is 12.5. The van der Waals surface area contributed by atoms with Gasteiger partial charge >= 0.3 is 12.1 Å². The van der Waals surface area contributed by atoms with E-state index in [1.807, 2.05) is 36.4 Å². The Morgan fingerprint density at radius 1 is 0.846 bits per heavy atom. The minimum atomic E-state index is -4.60. The number of nitrogens with zero attached hydrogens (tertiary/aromatic N) is 1. The predicted molar refractivity (Wildman–Crippen MR) is 145 cm³/mol. The van der Waals surface area contributed by atoms with Crippen molar-refractivity contribution in [2.24, 2.45) is 0 Å². The lowest BCUT2D eigenvalue weighted by molar-refractivity contribution is -0.138. The van der Waals surface area contributed by atoms with Crippen LogP contribution in [0.4, 0.5) is 18.9 Å². The number of ketones is 1. The molecule has 39 heavy (non-hydrogen) atoms. The maximum Gasteiger partial charge on any atom is 0.417 e. The zero-order valence-corrected chi connectivity index (χ0v) is 21.4. The summed E-state index contributed by atoms with van der Waals surface area (Å²) in [6.45, 7) is 0.120. The lowest BCUT2D eigenvalue weighted by Crippen LogP contribution is -2.11. The number of halogens is 4. The van der Waals surface area contributed by atoms with Gasteiger partial charge in [-0.2, -0.15) is 13.2 Å². The standard InChI is InChI=1S/C30H24ClF3N2O3/c31-23-12-7-19(8-13-23)20-9-14-24(15-10-20)35-17-21-3-1-4-25(30(32,33)34)29(21)22-11-16-26(36-18-22)27(37)5-2-6-28(38)39/h1,3-4,7-16,18,35H,2,5-6,17H2,(H,38,39). The number of rotatable bonds is 10. The number of carbonyl (C=O) groups is 2. The molecule has 0 aliphatic heterocycles. The fourth-order valence-electron chi connectivity index (χ4n) is 4.18. The zero-order valence-electron chi connectivity index (χ0n) is 20.6. The Morgan fingerprint density at radius 2 is 1.49 bits per heavy atom. The Morgan fingerprint density at radius 3 is 2.08 bits per heavy atom. The minimum absolute atomic E-state index is 0.0102. The van der Waals surface area contributed by atoms with E-state index >= 15 is 0 Å². The van der Waals surface area contributed by atoms with E-state index in [9.17, 15) is 22.8 Å². The average Bonchev–Trinajstić information content (AvgIpc) is 2.92. The second-order valence-electron chi connectivity index (χ2n) is 8.88. The molecule has 0 radical (unpaired) electrons. The number of aliphatic carboxylic acids is 1. The minimum Gasteiger partial charge on any atom is -0.481 e. The molecular formula is C30H24ClF3N2O3. The van der Waals surface area contributed by atoms with Gasteiger partial charge in [-0.25, -0.2) is 0 Å². The third-order valence-corrected chi connectivity index (χ3v) is 6.39. The summed E-state index contributed by atoms with van der Waals surface area (Å²) in [5.41, 5.74) is 2.58. The molecule has 0 saturated carbocycles. The van der Waals surface area contributed by atoms with Crippen LogP contribution in [0, 0.1) is 0 Å². The Bertz CT molecular complexity index is 1450. The van der Waals surface area contributed by atoms with Gasteiger partial charge in [0, 0.05) is 47.4 Å². The molecule has 4 aromatic rings. The number of carboxylic acids is 1. The summed E-state index contributed by atoms with van der Waals surface area (Å²) < 4.78 is 41.9. The number of anilines is 1. The fraction of sp³-hybridized carbons (Fsp3) is 0.167. The van der Waals surface area contributed by atoms with Crippen LogP contribution in [0.3, 0.4) is 0 Å². The monoisotopic (exact) mass is 552 g/mol. The Labute approximate surface area is 228 Å². The highest BCUT2D eigenvalue weighted by atomic mass is 35.5. The molecule has 0 bridgehead atoms. The van der Waals surface area contributed by atoms with Gasteiger partial charge in [-0.05, 0) is 59.5 Å². The van der Waals surface area contributed by atoms with Crippen LogP contribution in [0.1, 0.15) is 40.9 Å². The number of carbonyl (C=O) groups excluding carboxylic acids is 1. The molecule has 0 saturated heterocycles. The van der Waals surface area contributed by atoms with E-state index in [0.717, 1.165) is 22.9 Å². The lowest BCUT2D eigenvalue weighted by Gasteiger charge is -2.18. The lowest BCUT2D eigenvalue weighted by atomic mass is 9.94. The van der Waals surface area contributed by atoms with Gasteiger partial charge in [0.05, 0.1) is 5.56 Å². The molecule has 0 amide bonds. The summed E-state index contributed by atoms with van der Waals surface area (Å²) in [6.07, 6.45) is -3.35. The summed E-state index contributed by atoms with van der Waals surface area (Å²) in [5.74, 6) is -1.37. The molecule has 1 aromatic heterocycles. The molecule has 200 valence electrons. The quantitative estimate of drug-likeness (QED) is 0.194. The molecule has 2 N–H and O–H groups in total. The SMILES string of the molecule is O=C(O)CCCC(=O)c1ccc(-c2c(CNc3ccc(-c4ccc(Cl)cc4)cc3)cccc2C(F)(F)F)cn1. The van der Waals surface area contributed by atoms with Crippen LogP contribution in [0.15, 0.2) is 85.1 Å². The van der Waals surface area contributed by atoms with E-state index in [4.69, 9.17) is 16.7 Å². The van der Waals surface area contributed by atoms with E-state index in [0.29, 0.717) is 10.6 Å². The summed E-state index contributed by atoms with van der Waals surface area (Å²) in [6, 6.07) is 21.7. The van der Waals surface area contributed by atoms with Crippen LogP contribution in [0.25, 0.3) is 22.3 Å². The second-order valence-corrected chi connectivity index (χ2v) is 9.31. The van der Waals surface area contributed by atoms with Crippen LogP contribution in [-0.4, -0.2) is 21.8 Å². The first-order chi connectivity index (χ1) is 18.6. The number of Topliss-reactive ketones (excluding diaryl/α,β-unsaturated/α-hetero) is 1. The van der Waals surface area contributed by atoms with Gasteiger partial charge in [-0.1, -0.05) is 54.1 Å². The van der Waals surface area contributed by atoms with Crippen molar-refractivity contribution in [3.63, 3.8) is 0 Å². The number of benzene rings is 3. The third-order valence-electron chi connectivity index (χ3n) is 6.13. The largest absolute Gasteiger partial charge is 0.481 e. The molecule has 0 atom stereocenters. The van der Waals surface area contributed by atoms with Crippen molar-refractivity contribution in [2.45, 2.75) is 32.0 Å². The van der Waals surface area contributed by atoms with Gasteiger partial charge in [0.1, 0.15) is 5.69 Å². The van der Waals surface area contributed by atoms with Crippen molar-refractivity contribution in [3.8, 4) is 22.3 Å². The van der Waals surface area contributed by atoms with Gasteiger partial charge in [-0.15, -0.1) is 0 Å². The molecule has 5 nitrogen and oxygen atoms in total. The normalized spacial score (nSPS) is 11.3. The fourth-order valence-corrected chi connectivity index (χ4v) is 4.31. The summed E-state index contributed by atoms with van der Waals surface area (Å²) in [5, 5.41) is 12.6. The smallest absolute Gasteiger partial charge is 0.417 e. The number of hydrogen-bond acceptors (Lipinski definition) is 4. The maximum absolute atomic E-state index is 14.0. The Hall–Kier alpha value is -4.17. The number of nitrogens with one attached hydrogen (secondary N) is 1. The summed E-state index contributed by atoms with van der Waals surface area (Å²) in [7, 11) is 0. The van der Waals surface area contributed by atoms with Crippen molar-refractivity contribution in [1.82, 2.24) is 4.98 Å². The van der Waals surface area contributed by atoms with Crippen LogP contribution >= 0.6 is 11.6 Å². The highest BCUT2D eigenvalue weighted by Gasteiger charge is 2.34. The van der Waals surface area contributed by atoms with Crippen molar-refractivity contribution in [3.05, 3.63) is 107 Å². The van der Waals surface area contributed by atoms with Crippen molar-refractivity contribution < 1.29 is 27.9 Å². The molecule has 0 aliphatic rings. The zero-order chi connectivity index (χ0) is 28.0. The van der Waals surface area contributed by atoms with E-state index in [2.05, 4.69) is 10.3 Å². The van der Waals surface area contributed by atoms with Gasteiger partial charge in [-0.3, -0.25) is 14.6 Å². The van der Waals surface area contributed by atoms with Crippen molar-refractivity contribution in [1.29, 1.82) is 0 Å². The molecule has 0 fully saturated rings. The number of carboxylic acid groups (broad SMARTS) is 1. The molecule has 3 aromatic carbocycles. The third kappa shape index (κ3) is 7.23. The van der Waals surface area contributed by atoms with Gasteiger partial charge in [0.15, 0.2) is 5.78 Å². The van der Waals surface area contributed by atoms with Gasteiger partial charge in [0.25, 0.3) is 0 Å². The van der Waals surface area contributed by atoms with E-state index < -0.39 is 17.7 Å². The average molecular weight is 553 g/mol. The molecule has 0 unspecified atom stereocenters. The first kappa shape index (κ1) is 27.9. The number of aromatic nitrogens is 1. The van der Waals surface area contributed by atoms with E-state index in [-0.39, 0.29) is 48.4 Å². The van der Waals surface area contributed by atoms with E-state index in [1.54, 1.807) is 18.2 Å². The highest BCUT2D eigenvalue weighted by Crippen LogP contribution is 2.39. The van der Waals surface area contributed by atoms with Crippen molar-refractivity contribution >= 4 is 29.0 Å². The predicted octanol–water partition coefficient (Wildman–Crippen LogP) is 8.14. The molecule has 1 heterocycles. The Balaban J connectivity index is 1.55. The van der Waals surface area contributed by atoms with Crippen LogP contribution in [-0.2, 0) is 17.5 Å². The number of pyridine rings is 1. The second kappa shape index (κ2) is 12.1. The maximum atomic E-state index is 14.0.